The Bertz CT molecular complexity index is 4610. The highest BCUT2D eigenvalue weighted by atomic mass is 79.9. The number of nitrogens with one attached hydrogen (secondary N) is 8. The highest BCUT2D eigenvalue weighted by Gasteiger charge is 2.17. The van der Waals surface area contributed by atoms with E-state index in [2.05, 4.69) is 128 Å². The third kappa shape index (κ3) is 23.8. The predicted molar refractivity (Wildman–Crippen MR) is 373 cm³/mol. The lowest BCUT2D eigenvalue weighted by Gasteiger charge is -2.09. The Hall–Kier alpha value is -10.8. The number of hydrogen-bond donors (Lipinski definition) is 12. The van der Waals surface area contributed by atoms with Gasteiger partial charge >= 0.3 is 30.1 Å². The summed E-state index contributed by atoms with van der Waals surface area (Å²) in [6.45, 7) is 4.39. The van der Waals surface area contributed by atoms with Crippen molar-refractivity contribution in [2.75, 3.05) is 54.0 Å². The molecule has 7 heterocycles. The number of alkyl halides is 2. The molecule has 14 N–H and O–H groups in total. The van der Waals surface area contributed by atoms with Crippen molar-refractivity contribution in [2.45, 2.75) is 46.1 Å². The second kappa shape index (κ2) is 36.2. The average molecular weight is 1480 g/mol. The number of aryl methyl sites for hydroxylation is 1. The van der Waals surface area contributed by atoms with Gasteiger partial charge in [0.15, 0.2) is 0 Å². The number of carbonyl (C=O) groups excluding carboxylic acids is 4. The molecule has 0 radical (unpaired) electrons. The summed E-state index contributed by atoms with van der Waals surface area (Å²) in [5, 5.41) is 40.3. The molecular weight excluding hydrogens is 1430 g/mol. The van der Waals surface area contributed by atoms with Gasteiger partial charge in [-0.25, -0.2) is 52.7 Å². The highest BCUT2D eigenvalue weighted by Crippen LogP contribution is 2.32. The predicted octanol–water partition coefficient (Wildman–Crippen LogP) is 15.4. The fourth-order valence-electron chi connectivity index (χ4n) is 7.41. The first-order valence-electron chi connectivity index (χ1n) is 27.8. The molecule has 0 aliphatic rings. The number of aliphatic hydroxyl groups excluding tert-OH is 1. The smallest absolute Gasteiger partial charge is 0.335 e. The summed E-state index contributed by atoms with van der Waals surface area (Å²) in [5.41, 5.74) is 18.3. The SMILES string of the molecule is CC(F)c1cc(NC(=O)Nc2cc(F)ncc2CO)sn1.CC(F)c1cc(NC(=O)Nc2cc(F)ncc2N)sn1.CCc1cccc(C#Cc2nsc(NC(=O)Nc3cc(Cl)ncc3N)c2Br)c1.O=C(Nc1cccc(C#Cc2cccc(C(=O)O)c2)c1)Nc1ccnc(Cl)c1. The lowest BCUT2D eigenvalue weighted by atomic mass is 10.1. The summed E-state index contributed by atoms with van der Waals surface area (Å²) in [6.07, 6.45) is 3.60. The number of nitrogens with zero attached hydrogens (tertiary/aromatic N) is 7. The molecule has 0 aliphatic heterocycles. The van der Waals surface area contributed by atoms with Gasteiger partial charge in [-0.05, 0) is 155 Å². The number of amides is 8. The highest BCUT2D eigenvalue weighted by molar-refractivity contribution is 9.10. The number of nitrogen functional groups attached to an aromatic ring is 2. The van der Waals surface area contributed by atoms with Crippen LogP contribution in [-0.4, -0.2) is 73.4 Å². The number of nitrogens with two attached hydrogens (primary N) is 2. The van der Waals surface area contributed by atoms with Crippen molar-refractivity contribution in [3.8, 4) is 23.7 Å². The van der Waals surface area contributed by atoms with Gasteiger partial charge in [-0.2, -0.15) is 21.9 Å². The molecule has 10 aromatic rings. The minimum absolute atomic E-state index is 0.0959. The van der Waals surface area contributed by atoms with Crippen LogP contribution < -0.4 is 54.0 Å². The Kier molecular flexibility index (Phi) is 27.4. The van der Waals surface area contributed by atoms with E-state index >= 15 is 0 Å². The van der Waals surface area contributed by atoms with E-state index < -0.39 is 60.9 Å². The van der Waals surface area contributed by atoms with Crippen molar-refractivity contribution in [3.05, 3.63) is 217 Å². The third-order valence-electron chi connectivity index (χ3n) is 12.1. The van der Waals surface area contributed by atoms with Crippen molar-refractivity contribution in [2.24, 2.45) is 0 Å². The number of rotatable bonds is 13. The zero-order chi connectivity index (χ0) is 70.1. The lowest BCUT2D eigenvalue weighted by molar-refractivity contribution is 0.0696. The van der Waals surface area contributed by atoms with Gasteiger partial charge in [0.05, 0.1) is 68.9 Å². The minimum atomic E-state index is -1.23. The van der Waals surface area contributed by atoms with Crippen LogP contribution >= 0.6 is 73.7 Å². The average Bonchev–Trinajstić information content (AvgIpc) is 1.89. The van der Waals surface area contributed by atoms with E-state index in [4.69, 9.17) is 44.9 Å². The molecule has 498 valence electrons. The van der Waals surface area contributed by atoms with Crippen molar-refractivity contribution in [1.82, 2.24) is 33.1 Å². The number of urea groups is 4. The van der Waals surface area contributed by atoms with Crippen LogP contribution in [0.4, 0.5) is 91.6 Å². The van der Waals surface area contributed by atoms with Crippen LogP contribution in [0.1, 0.15) is 88.4 Å². The molecule has 8 amide bonds. The van der Waals surface area contributed by atoms with E-state index in [1.807, 2.05) is 18.2 Å². The monoisotopic (exact) mass is 1480 g/mol. The van der Waals surface area contributed by atoms with E-state index in [9.17, 15) is 41.5 Å². The molecule has 0 aliphatic carbocycles. The van der Waals surface area contributed by atoms with Crippen LogP contribution in [-0.2, 0) is 13.0 Å². The molecule has 2 unspecified atom stereocenters. The molecule has 0 spiro atoms. The van der Waals surface area contributed by atoms with Gasteiger partial charge in [0.2, 0.25) is 11.9 Å². The number of carbonyl (C=O) groups is 5. The number of halogens is 7. The van der Waals surface area contributed by atoms with Crippen LogP contribution in [0.3, 0.4) is 0 Å². The second-order valence-corrected chi connectivity index (χ2v) is 23.3. The summed E-state index contributed by atoms with van der Waals surface area (Å²) in [7, 11) is 0. The molecule has 34 heteroatoms. The summed E-state index contributed by atoms with van der Waals surface area (Å²) >= 11 is 18.1. The van der Waals surface area contributed by atoms with E-state index in [1.165, 1.54) is 68.2 Å². The standard InChI is InChI=1S/C21H14ClN3O3.C19H15BrClN5OS.C12H12F2N4O2S.C11H11F2N5OS/c22-19-13-18(9-10-23-19)25-21(28)24-17-6-2-4-15(12-17)8-7-14-3-1-5-16(11-14)20(26)27;1-2-11-4-3-5-12(8-11)6-7-14-17(20)18(28-26-14)25-19(27)24-15-9-16(21)23-10-13(15)22;1-6(13)8-3-11(21-18-8)17-12(20)16-9-2-10(14)15-4-7(9)5-19;1-5(12)7-3-10(20-18-7)17-11(19)16-8-2-9(13)15-4-6(8)14/h1-6,9-13H,(H,26,27)(H2,23,24,25,28);3-5,8-10H,2,22H2,1H3,(H2,23,24,25,27);2-4,6,19H,5H2,1H3,(H2,15,16,17,20);2-5H,14H2,1H3,(H2,15,16,17,19). The Balaban J connectivity index is 0.000000184. The molecule has 24 nitrogen and oxygen atoms in total. The lowest BCUT2D eigenvalue weighted by Crippen LogP contribution is -2.20. The number of carboxylic acid groups (broad SMARTS) is 1. The molecule has 0 fully saturated rings. The number of aliphatic hydroxyl groups is 1. The van der Waals surface area contributed by atoms with Crippen LogP contribution in [0.25, 0.3) is 0 Å². The van der Waals surface area contributed by atoms with Crippen LogP contribution in [0.2, 0.25) is 10.3 Å². The van der Waals surface area contributed by atoms with Gasteiger partial charge in [0.1, 0.15) is 43.3 Å². The fourth-order valence-corrected chi connectivity index (χ4v) is 10.4. The maximum absolute atomic E-state index is 13.0. The number of carboxylic acids is 1. The molecule has 7 aromatic heterocycles. The molecule has 2 atom stereocenters. The van der Waals surface area contributed by atoms with Crippen LogP contribution in [0.5, 0.6) is 0 Å². The van der Waals surface area contributed by atoms with Gasteiger partial charge in [-0.15, -0.1) is 0 Å². The Morgan fingerprint density at radius 2 is 1.07 bits per heavy atom. The number of hydrogen-bond acceptors (Lipinski definition) is 18. The summed E-state index contributed by atoms with van der Waals surface area (Å²) in [4.78, 5) is 73.2. The van der Waals surface area contributed by atoms with Crippen LogP contribution in [0.15, 0.2) is 145 Å². The first-order chi connectivity index (χ1) is 46.4. The van der Waals surface area contributed by atoms with E-state index in [0.29, 0.717) is 59.0 Å². The van der Waals surface area contributed by atoms with E-state index in [1.54, 1.807) is 42.5 Å². The molecule has 3 aromatic carbocycles. The number of pyridine rings is 4. The van der Waals surface area contributed by atoms with Gasteiger partial charge in [-0.3, -0.25) is 16.0 Å². The Morgan fingerprint density at radius 3 is 1.66 bits per heavy atom. The number of aromatic carboxylic acids is 1. The number of anilines is 10. The fraction of sp³-hybridized carbons (Fsp3) is 0.111. The summed E-state index contributed by atoms with van der Waals surface area (Å²) in [6, 6.07) is 28.7. The molecule has 0 bridgehead atoms. The molecular formula is C63H52BrCl2F4N17O7S3. The summed E-state index contributed by atoms with van der Waals surface area (Å²) in [5.74, 6) is 9.45. The van der Waals surface area contributed by atoms with Crippen molar-refractivity contribution < 1.29 is 51.7 Å². The second-order valence-electron chi connectivity index (χ2n) is 19.4. The van der Waals surface area contributed by atoms with Gasteiger partial charge in [-0.1, -0.05) is 72.2 Å². The van der Waals surface area contributed by atoms with Gasteiger partial charge in [0.25, 0.3) is 0 Å². The van der Waals surface area contributed by atoms with Crippen molar-refractivity contribution in [1.29, 1.82) is 0 Å². The molecule has 10 rings (SSSR count). The van der Waals surface area contributed by atoms with E-state index in [-0.39, 0.29) is 49.9 Å². The molecule has 97 heavy (non-hydrogen) atoms. The Morgan fingerprint density at radius 1 is 0.567 bits per heavy atom. The van der Waals surface area contributed by atoms with Gasteiger partial charge < -0.3 is 48.3 Å². The van der Waals surface area contributed by atoms with Crippen molar-refractivity contribution >= 4 is 159 Å². The quantitative estimate of drug-likeness (QED) is 0.0290. The normalized spacial score (nSPS) is 10.8. The van der Waals surface area contributed by atoms with E-state index in [0.717, 1.165) is 71.1 Å². The maximum atomic E-state index is 13.0. The minimum Gasteiger partial charge on any atom is -0.478 e. The third-order valence-corrected chi connectivity index (χ3v) is 15.8. The first kappa shape index (κ1) is 73.6. The van der Waals surface area contributed by atoms with Crippen molar-refractivity contribution in [3.63, 3.8) is 0 Å². The Labute approximate surface area is 580 Å². The zero-order valence-corrected chi connectivity index (χ0v) is 56.0. The summed E-state index contributed by atoms with van der Waals surface area (Å²) < 4.78 is 64.5. The number of aromatic nitrogens is 7. The largest absolute Gasteiger partial charge is 0.478 e. The maximum Gasteiger partial charge on any atom is 0.335 e. The topological polar surface area (TPSA) is 364 Å². The zero-order valence-electron chi connectivity index (χ0n) is 50.4. The first-order valence-corrected chi connectivity index (χ1v) is 31.7. The number of benzene rings is 3. The van der Waals surface area contributed by atoms with Crippen LogP contribution in [0, 0.1) is 35.6 Å². The van der Waals surface area contributed by atoms with Gasteiger partial charge in [0, 0.05) is 64.2 Å². The molecule has 0 saturated heterocycles. The molecule has 0 saturated carbocycles.